The lowest BCUT2D eigenvalue weighted by molar-refractivity contribution is -0.139. The van der Waals surface area contributed by atoms with Crippen molar-refractivity contribution in [3.63, 3.8) is 0 Å². The molecule has 2 amide bonds. The first kappa shape index (κ1) is 32.3. The molecule has 0 bridgehead atoms. The van der Waals surface area contributed by atoms with Crippen LogP contribution in [0.15, 0.2) is 58.0 Å². The van der Waals surface area contributed by atoms with Crippen LogP contribution in [0.5, 0.6) is 5.75 Å². The fraction of sp³-hybridized carbons (Fsp3) is 0.414. The number of aromatic nitrogens is 2. The second-order valence-corrected chi connectivity index (χ2v) is 10.7. The van der Waals surface area contributed by atoms with E-state index in [1.165, 1.54) is 17.0 Å². The van der Waals surface area contributed by atoms with Crippen molar-refractivity contribution in [2.75, 3.05) is 19.8 Å². The highest BCUT2D eigenvalue weighted by atomic mass is 19.4. The van der Waals surface area contributed by atoms with Gasteiger partial charge in [0.1, 0.15) is 24.0 Å². The highest BCUT2D eigenvalue weighted by Crippen LogP contribution is 2.39. The van der Waals surface area contributed by atoms with E-state index >= 15 is 0 Å². The number of carboxylic acid groups (broad SMARTS) is 1. The summed E-state index contributed by atoms with van der Waals surface area (Å²) in [5.74, 6) is -0.793. The van der Waals surface area contributed by atoms with Gasteiger partial charge in [-0.25, -0.2) is 9.59 Å². The molecule has 0 saturated carbocycles. The fourth-order valence-electron chi connectivity index (χ4n) is 4.41. The minimum Gasteiger partial charge on any atom is -0.491 e. The van der Waals surface area contributed by atoms with Crippen LogP contribution in [0.3, 0.4) is 0 Å². The van der Waals surface area contributed by atoms with Gasteiger partial charge in [-0.3, -0.25) is 5.32 Å². The van der Waals surface area contributed by atoms with E-state index in [9.17, 15) is 27.9 Å². The molecule has 44 heavy (non-hydrogen) atoms. The van der Waals surface area contributed by atoms with Gasteiger partial charge in [0.05, 0.1) is 18.8 Å². The Balaban J connectivity index is 1.47. The normalized spacial score (nSPS) is 15.7. The summed E-state index contributed by atoms with van der Waals surface area (Å²) in [6.45, 7) is 5.49. The van der Waals surface area contributed by atoms with Crippen molar-refractivity contribution in [2.24, 2.45) is 4.99 Å². The van der Waals surface area contributed by atoms with Gasteiger partial charge >= 0.3 is 18.4 Å². The molecular weight excluding hydrogens is 587 g/mol. The highest BCUT2D eigenvalue weighted by Gasteiger charge is 2.37. The van der Waals surface area contributed by atoms with Crippen LogP contribution in [0.4, 0.5) is 22.8 Å². The summed E-state index contributed by atoms with van der Waals surface area (Å²) in [4.78, 5) is 33.0. The molecule has 0 spiro atoms. The van der Waals surface area contributed by atoms with E-state index in [2.05, 4.69) is 20.4 Å². The summed E-state index contributed by atoms with van der Waals surface area (Å²) < 4.78 is 63.3. The minimum absolute atomic E-state index is 0.00558. The number of nitrogens with one attached hydrogen (secondary N) is 1. The van der Waals surface area contributed by atoms with Gasteiger partial charge in [0.2, 0.25) is 17.7 Å². The number of likely N-dealkylation sites (tertiary alicyclic amines) is 1. The molecule has 0 unspecified atom stereocenters. The first-order valence-corrected chi connectivity index (χ1v) is 13.7. The number of ether oxygens (including phenoxy) is 3. The lowest BCUT2D eigenvalue weighted by Gasteiger charge is -2.26. The summed E-state index contributed by atoms with van der Waals surface area (Å²) in [6.07, 6.45) is -6.24. The third-order valence-corrected chi connectivity index (χ3v) is 6.21. The largest absolute Gasteiger partial charge is 0.491 e. The number of benzene rings is 2. The Bertz CT molecular complexity index is 1470. The Labute approximate surface area is 250 Å². The van der Waals surface area contributed by atoms with Crippen LogP contribution < -0.4 is 10.1 Å². The Kier molecular flexibility index (Phi) is 10.1. The van der Waals surface area contributed by atoms with Crippen molar-refractivity contribution in [3.05, 3.63) is 65.5 Å². The molecule has 0 aliphatic carbocycles. The van der Waals surface area contributed by atoms with Gasteiger partial charge in [0, 0.05) is 12.1 Å². The topological polar surface area (TPSA) is 149 Å². The van der Waals surface area contributed by atoms with Gasteiger partial charge in [-0.15, -0.1) is 4.99 Å². The molecule has 1 aromatic heterocycles. The lowest BCUT2D eigenvalue weighted by atomic mass is 10.1. The minimum atomic E-state index is -4.74. The van der Waals surface area contributed by atoms with Gasteiger partial charge in [-0.2, -0.15) is 18.2 Å². The summed E-state index contributed by atoms with van der Waals surface area (Å²) in [6, 6.07) is 12.0. The number of carbonyl (C=O) groups is 2. The lowest BCUT2D eigenvalue weighted by Crippen LogP contribution is -2.46. The van der Waals surface area contributed by atoms with Crippen LogP contribution in [0, 0.1) is 0 Å². The van der Waals surface area contributed by atoms with E-state index in [-0.39, 0.29) is 48.7 Å². The van der Waals surface area contributed by atoms with E-state index in [0.29, 0.717) is 19.4 Å². The van der Waals surface area contributed by atoms with E-state index in [4.69, 9.17) is 18.7 Å². The molecule has 1 aliphatic rings. The number of halogens is 3. The van der Waals surface area contributed by atoms with Gasteiger partial charge in [0.15, 0.2) is 0 Å². The Morgan fingerprint density at radius 2 is 1.89 bits per heavy atom. The molecule has 15 heteroatoms. The van der Waals surface area contributed by atoms with E-state index < -0.39 is 35.6 Å². The number of alkyl halides is 3. The summed E-state index contributed by atoms with van der Waals surface area (Å²) in [7, 11) is 0. The average molecular weight is 620 g/mol. The maximum Gasteiger partial charge on any atom is 0.434 e. The number of guanidine groups is 1. The zero-order valence-corrected chi connectivity index (χ0v) is 24.3. The summed E-state index contributed by atoms with van der Waals surface area (Å²) in [5.41, 5.74) is -0.922. The Morgan fingerprint density at radius 1 is 1.14 bits per heavy atom. The number of amides is 2. The highest BCUT2D eigenvalue weighted by molar-refractivity contribution is 5.98. The van der Waals surface area contributed by atoms with Crippen molar-refractivity contribution in [3.8, 4) is 17.1 Å². The number of carbonyl (C=O) groups excluding carboxylic acids is 1. The Hall–Kier alpha value is -4.66. The zero-order chi connectivity index (χ0) is 31.9. The standard InChI is InChI=1S/C29H32F3N5O7/c1-28(2,3)43-27(40)35-25(34-26(38)39)37-13-7-10-21(37)24-33-23(36-44-24)19-11-12-22(20(16-19)29(30,31)32)42-15-14-41-17-18-8-5-4-6-9-18/h4-6,8-9,11-12,16,21H,7,10,13-15,17H2,1-3H3,(H,38,39)(H,34,35,40)/t21-/m0/s1. The van der Waals surface area contributed by atoms with Gasteiger partial charge in [-0.1, -0.05) is 35.5 Å². The van der Waals surface area contributed by atoms with Crippen LogP contribution in [-0.4, -0.2) is 63.7 Å². The van der Waals surface area contributed by atoms with Gasteiger partial charge in [0.25, 0.3) is 0 Å². The van der Waals surface area contributed by atoms with E-state index in [1.807, 2.05) is 30.3 Å². The molecule has 1 saturated heterocycles. The fourth-order valence-corrected chi connectivity index (χ4v) is 4.41. The monoisotopic (exact) mass is 619 g/mol. The smallest absolute Gasteiger partial charge is 0.434 e. The maximum absolute atomic E-state index is 14.0. The van der Waals surface area contributed by atoms with Crippen molar-refractivity contribution >= 4 is 18.1 Å². The first-order valence-electron chi connectivity index (χ1n) is 13.7. The third kappa shape index (κ3) is 8.92. The molecule has 1 fully saturated rings. The van der Waals surface area contributed by atoms with E-state index in [1.54, 1.807) is 20.8 Å². The molecule has 3 aromatic rings. The van der Waals surface area contributed by atoms with Crippen LogP contribution in [0.25, 0.3) is 11.4 Å². The van der Waals surface area contributed by atoms with Crippen LogP contribution in [0.1, 0.15) is 56.7 Å². The quantitative estimate of drug-likeness (QED) is 0.173. The number of hydrogen-bond donors (Lipinski definition) is 2. The SMILES string of the molecule is CC(C)(C)OC(=O)N/C(=N\C(=O)O)N1CCC[C@H]1c1nc(-c2ccc(OCCOCc3ccccc3)c(C(F)(F)F)c2)no1. The van der Waals surface area contributed by atoms with Gasteiger partial charge in [-0.05, 0) is 57.4 Å². The second-order valence-electron chi connectivity index (χ2n) is 10.7. The molecule has 2 heterocycles. The number of rotatable bonds is 8. The predicted octanol–water partition coefficient (Wildman–Crippen LogP) is 6.05. The second kappa shape index (κ2) is 13.8. The predicted molar refractivity (Wildman–Crippen MR) is 150 cm³/mol. The van der Waals surface area contributed by atoms with Crippen molar-refractivity contribution < 1.29 is 46.6 Å². The molecule has 236 valence electrons. The number of aliphatic imine (C=N–C) groups is 1. The first-order chi connectivity index (χ1) is 20.8. The summed E-state index contributed by atoms with van der Waals surface area (Å²) in [5, 5.41) is 15.5. The van der Waals surface area contributed by atoms with Crippen LogP contribution in [0.2, 0.25) is 0 Å². The maximum atomic E-state index is 14.0. The van der Waals surface area contributed by atoms with Crippen LogP contribution >= 0.6 is 0 Å². The zero-order valence-electron chi connectivity index (χ0n) is 24.3. The molecule has 1 aliphatic heterocycles. The molecule has 0 radical (unpaired) electrons. The number of alkyl carbamates (subject to hydrolysis) is 1. The average Bonchev–Trinajstić information content (AvgIpc) is 3.61. The third-order valence-electron chi connectivity index (χ3n) is 6.21. The van der Waals surface area contributed by atoms with Crippen molar-refractivity contribution in [1.29, 1.82) is 0 Å². The number of nitrogens with zero attached hydrogens (tertiary/aromatic N) is 4. The molecule has 2 aromatic carbocycles. The molecule has 2 N–H and O–H groups in total. The van der Waals surface area contributed by atoms with Crippen molar-refractivity contribution in [2.45, 2.75) is 58.0 Å². The van der Waals surface area contributed by atoms with Crippen LogP contribution in [-0.2, 0) is 22.3 Å². The molecule has 4 rings (SSSR count). The Morgan fingerprint density at radius 3 is 2.57 bits per heavy atom. The van der Waals surface area contributed by atoms with Gasteiger partial charge < -0.3 is 28.7 Å². The molecular formula is C29H32F3N5O7. The van der Waals surface area contributed by atoms with Crippen molar-refractivity contribution in [1.82, 2.24) is 20.4 Å². The molecule has 12 nitrogen and oxygen atoms in total. The number of hydrogen-bond acceptors (Lipinski definition) is 8. The summed E-state index contributed by atoms with van der Waals surface area (Å²) >= 11 is 0. The van der Waals surface area contributed by atoms with E-state index in [0.717, 1.165) is 11.6 Å². The molecule has 1 atom stereocenters.